The molecular formula is C11H11BrN4. The van der Waals surface area contributed by atoms with Crippen molar-refractivity contribution >= 4 is 15.9 Å². The lowest BCUT2D eigenvalue weighted by Gasteiger charge is -2.10. The topological polar surface area (TPSA) is 64.7 Å². The Labute approximate surface area is 102 Å². The minimum absolute atomic E-state index is 0.0772. The SMILES string of the molecule is NC(Cc1cncc(Br)c1)c1ccnnc1. The van der Waals surface area contributed by atoms with E-state index in [0.717, 1.165) is 22.0 Å². The first-order valence-electron chi connectivity index (χ1n) is 4.87. The van der Waals surface area contributed by atoms with Gasteiger partial charge in [-0.3, -0.25) is 4.98 Å². The number of hydrogen-bond acceptors (Lipinski definition) is 4. The molecule has 0 spiro atoms. The lowest BCUT2D eigenvalue weighted by atomic mass is 10.0. The van der Waals surface area contributed by atoms with Gasteiger partial charge in [-0.05, 0) is 45.6 Å². The predicted octanol–water partition coefficient (Wildman–Crippen LogP) is 1.88. The highest BCUT2D eigenvalue weighted by atomic mass is 79.9. The van der Waals surface area contributed by atoms with E-state index in [1.165, 1.54) is 0 Å². The van der Waals surface area contributed by atoms with Crippen molar-refractivity contribution in [2.24, 2.45) is 5.73 Å². The molecule has 0 saturated carbocycles. The van der Waals surface area contributed by atoms with E-state index in [1.807, 2.05) is 18.3 Å². The molecule has 0 amide bonds. The number of rotatable bonds is 3. The van der Waals surface area contributed by atoms with Gasteiger partial charge >= 0.3 is 0 Å². The van der Waals surface area contributed by atoms with Crippen molar-refractivity contribution in [2.45, 2.75) is 12.5 Å². The second-order valence-electron chi connectivity index (χ2n) is 3.50. The van der Waals surface area contributed by atoms with Crippen molar-refractivity contribution < 1.29 is 0 Å². The van der Waals surface area contributed by atoms with Crippen LogP contribution in [0.1, 0.15) is 17.2 Å². The lowest BCUT2D eigenvalue weighted by Crippen LogP contribution is -2.13. The van der Waals surface area contributed by atoms with Gasteiger partial charge in [-0.15, -0.1) is 0 Å². The maximum atomic E-state index is 6.07. The van der Waals surface area contributed by atoms with Crippen LogP contribution in [-0.4, -0.2) is 15.2 Å². The van der Waals surface area contributed by atoms with Crippen molar-refractivity contribution in [2.75, 3.05) is 0 Å². The van der Waals surface area contributed by atoms with Crippen LogP contribution in [0.25, 0.3) is 0 Å². The summed E-state index contributed by atoms with van der Waals surface area (Å²) in [7, 11) is 0. The minimum Gasteiger partial charge on any atom is -0.324 e. The van der Waals surface area contributed by atoms with E-state index >= 15 is 0 Å². The van der Waals surface area contributed by atoms with Gasteiger partial charge in [-0.1, -0.05) is 0 Å². The number of hydrogen-bond donors (Lipinski definition) is 1. The van der Waals surface area contributed by atoms with Gasteiger partial charge in [0.1, 0.15) is 0 Å². The average molecular weight is 279 g/mol. The van der Waals surface area contributed by atoms with Crippen LogP contribution in [0.15, 0.2) is 41.4 Å². The summed E-state index contributed by atoms with van der Waals surface area (Å²) in [5.74, 6) is 0. The van der Waals surface area contributed by atoms with E-state index in [-0.39, 0.29) is 6.04 Å². The van der Waals surface area contributed by atoms with Gasteiger partial charge in [0.25, 0.3) is 0 Å². The molecule has 0 radical (unpaired) electrons. The van der Waals surface area contributed by atoms with Crippen LogP contribution in [0.4, 0.5) is 0 Å². The smallest absolute Gasteiger partial charge is 0.0544 e. The third-order valence-corrected chi connectivity index (χ3v) is 2.69. The van der Waals surface area contributed by atoms with Crippen molar-refractivity contribution in [3.05, 3.63) is 52.5 Å². The fourth-order valence-corrected chi connectivity index (χ4v) is 1.87. The molecule has 0 saturated heterocycles. The Balaban J connectivity index is 2.11. The van der Waals surface area contributed by atoms with E-state index < -0.39 is 0 Å². The Kier molecular flexibility index (Phi) is 3.58. The van der Waals surface area contributed by atoms with E-state index in [1.54, 1.807) is 18.6 Å². The highest BCUT2D eigenvalue weighted by molar-refractivity contribution is 9.10. The van der Waals surface area contributed by atoms with Crippen LogP contribution in [0.3, 0.4) is 0 Å². The summed E-state index contributed by atoms with van der Waals surface area (Å²) in [4.78, 5) is 4.10. The summed E-state index contributed by atoms with van der Waals surface area (Å²) in [6.07, 6.45) is 7.64. The molecule has 0 aliphatic carbocycles. The molecule has 16 heavy (non-hydrogen) atoms. The van der Waals surface area contributed by atoms with Crippen molar-refractivity contribution in [1.29, 1.82) is 0 Å². The first-order chi connectivity index (χ1) is 7.75. The largest absolute Gasteiger partial charge is 0.324 e. The third-order valence-electron chi connectivity index (χ3n) is 2.25. The van der Waals surface area contributed by atoms with Gasteiger partial charge in [0.2, 0.25) is 0 Å². The molecular weight excluding hydrogens is 268 g/mol. The first kappa shape index (κ1) is 11.2. The van der Waals surface area contributed by atoms with Crippen LogP contribution in [0, 0.1) is 0 Å². The third kappa shape index (κ3) is 2.84. The first-order valence-corrected chi connectivity index (χ1v) is 5.66. The van der Waals surface area contributed by atoms with E-state index in [4.69, 9.17) is 5.73 Å². The van der Waals surface area contributed by atoms with Gasteiger partial charge in [0.15, 0.2) is 0 Å². The fraction of sp³-hybridized carbons (Fsp3) is 0.182. The lowest BCUT2D eigenvalue weighted by molar-refractivity contribution is 0.710. The second-order valence-corrected chi connectivity index (χ2v) is 4.41. The molecule has 1 unspecified atom stereocenters. The Bertz CT molecular complexity index is 461. The quantitative estimate of drug-likeness (QED) is 0.931. The maximum Gasteiger partial charge on any atom is 0.0544 e. The van der Waals surface area contributed by atoms with Crippen LogP contribution >= 0.6 is 15.9 Å². The molecule has 0 aromatic carbocycles. The number of pyridine rings is 1. The number of halogens is 1. The Morgan fingerprint density at radius 2 is 2.12 bits per heavy atom. The summed E-state index contributed by atoms with van der Waals surface area (Å²) in [5.41, 5.74) is 8.14. The molecule has 0 aliphatic heterocycles. The zero-order valence-electron chi connectivity index (χ0n) is 8.55. The van der Waals surface area contributed by atoms with E-state index in [2.05, 4.69) is 31.1 Å². The maximum absolute atomic E-state index is 6.07. The van der Waals surface area contributed by atoms with Crippen LogP contribution in [0.2, 0.25) is 0 Å². The molecule has 1 atom stereocenters. The van der Waals surface area contributed by atoms with Gasteiger partial charge < -0.3 is 5.73 Å². The molecule has 2 rings (SSSR count). The van der Waals surface area contributed by atoms with Crippen molar-refractivity contribution in [3.8, 4) is 0 Å². The predicted molar refractivity (Wildman–Crippen MR) is 64.6 cm³/mol. The molecule has 2 aromatic heterocycles. The van der Waals surface area contributed by atoms with E-state index in [0.29, 0.717) is 0 Å². The van der Waals surface area contributed by atoms with E-state index in [9.17, 15) is 0 Å². The van der Waals surface area contributed by atoms with Crippen LogP contribution < -0.4 is 5.73 Å². The van der Waals surface area contributed by atoms with Crippen LogP contribution in [-0.2, 0) is 6.42 Å². The molecule has 0 fully saturated rings. The summed E-state index contributed by atoms with van der Waals surface area (Å²) < 4.78 is 0.963. The molecule has 0 bridgehead atoms. The minimum atomic E-state index is -0.0772. The summed E-state index contributed by atoms with van der Waals surface area (Å²) >= 11 is 3.38. The van der Waals surface area contributed by atoms with Gasteiger partial charge in [0, 0.05) is 29.1 Å². The Morgan fingerprint density at radius 3 is 2.81 bits per heavy atom. The van der Waals surface area contributed by atoms with Crippen molar-refractivity contribution in [1.82, 2.24) is 15.2 Å². The molecule has 0 aliphatic rings. The molecule has 5 heteroatoms. The zero-order chi connectivity index (χ0) is 11.4. The molecule has 2 N–H and O–H groups in total. The fourth-order valence-electron chi connectivity index (χ4n) is 1.46. The number of nitrogens with zero attached hydrogens (tertiary/aromatic N) is 3. The summed E-state index contributed by atoms with van der Waals surface area (Å²) in [6, 6.07) is 3.82. The normalized spacial score (nSPS) is 12.4. The molecule has 2 aromatic rings. The number of nitrogens with two attached hydrogens (primary N) is 1. The second kappa shape index (κ2) is 5.14. The summed E-state index contributed by atoms with van der Waals surface area (Å²) in [6.45, 7) is 0. The van der Waals surface area contributed by atoms with Crippen LogP contribution in [0.5, 0.6) is 0 Å². The van der Waals surface area contributed by atoms with Gasteiger partial charge in [-0.2, -0.15) is 10.2 Å². The Hall–Kier alpha value is -1.33. The monoisotopic (exact) mass is 278 g/mol. The highest BCUT2D eigenvalue weighted by Crippen LogP contribution is 2.16. The van der Waals surface area contributed by atoms with Crippen molar-refractivity contribution in [3.63, 3.8) is 0 Å². The molecule has 82 valence electrons. The average Bonchev–Trinajstić information content (AvgIpc) is 2.30. The standard InChI is InChI=1S/C11H11BrN4/c12-10-3-8(5-14-7-10)4-11(13)9-1-2-15-16-6-9/h1-3,5-7,11H,4,13H2. The summed E-state index contributed by atoms with van der Waals surface area (Å²) in [5, 5.41) is 7.53. The molecule has 2 heterocycles. The Morgan fingerprint density at radius 1 is 1.25 bits per heavy atom. The van der Waals surface area contributed by atoms with Gasteiger partial charge in [0.05, 0.1) is 6.20 Å². The number of aromatic nitrogens is 3. The zero-order valence-corrected chi connectivity index (χ0v) is 10.1. The highest BCUT2D eigenvalue weighted by Gasteiger charge is 2.07. The molecule has 4 nitrogen and oxygen atoms in total. The van der Waals surface area contributed by atoms with Gasteiger partial charge in [-0.25, -0.2) is 0 Å².